The second-order valence-corrected chi connectivity index (χ2v) is 3.38. The van der Waals surface area contributed by atoms with Crippen LogP contribution in [-0.4, -0.2) is 29.1 Å². The van der Waals surface area contributed by atoms with E-state index in [1.807, 2.05) is 0 Å². The van der Waals surface area contributed by atoms with Crippen LogP contribution in [0.4, 0.5) is 0 Å². The highest BCUT2D eigenvalue weighted by Gasteiger charge is 2.13. The Balaban J connectivity index is 3.75. The molecule has 80 valence electrons. The summed E-state index contributed by atoms with van der Waals surface area (Å²) in [4.78, 5) is 10.8. The Morgan fingerprint density at radius 3 is 2.79 bits per heavy atom. The van der Waals surface area contributed by atoms with Gasteiger partial charge in [0.05, 0.1) is 7.11 Å². The Morgan fingerprint density at radius 1 is 1.64 bits per heavy atom. The second kappa shape index (κ2) is 7.50. The molecule has 14 heavy (non-hydrogen) atoms. The van der Waals surface area contributed by atoms with Crippen LogP contribution in [0, 0.1) is 11.8 Å². The lowest BCUT2D eigenvalue weighted by molar-refractivity contribution is -0.144. The summed E-state index contributed by atoms with van der Waals surface area (Å²) in [6.07, 6.45) is 0. The summed E-state index contributed by atoms with van der Waals surface area (Å²) in [7, 11) is 1.26. The van der Waals surface area contributed by atoms with Gasteiger partial charge in [0.25, 0.3) is 0 Å². The van der Waals surface area contributed by atoms with Gasteiger partial charge < -0.3 is 4.74 Å². The summed E-state index contributed by atoms with van der Waals surface area (Å²) in [5.41, 5.74) is 2.30. The van der Waals surface area contributed by atoms with Crippen LogP contribution in [0.3, 0.4) is 0 Å². The molecular weight excluding hydrogens is 206 g/mol. The minimum absolute atomic E-state index is 0.109. The number of hydroxylamine groups is 1. The van der Waals surface area contributed by atoms with Crippen LogP contribution in [0.1, 0.15) is 13.8 Å². The molecule has 0 aliphatic rings. The minimum atomic E-state index is -1.55. The summed E-state index contributed by atoms with van der Waals surface area (Å²) in [6, 6.07) is -0.654. The fourth-order valence-corrected chi connectivity index (χ4v) is 1.08. The fraction of sp³-hybridized carbons (Fsp3) is 0.625. The topological polar surface area (TPSA) is 64.6 Å². The Bertz CT molecular complexity index is 268. The van der Waals surface area contributed by atoms with Gasteiger partial charge in [-0.2, -0.15) is 9.76 Å². The van der Waals surface area contributed by atoms with Crippen LogP contribution in [0.15, 0.2) is 0 Å². The van der Waals surface area contributed by atoms with E-state index in [0.29, 0.717) is 0 Å². The van der Waals surface area contributed by atoms with Gasteiger partial charge >= 0.3 is 5.97 Å². The number of carbonyl (C=O) groups excluding carboxylic acids is 1. The van der Waals surface area contributed by atoms with E-state index in [2.05, 4.69) is 26.3 Å². The van der Waals surface area contributed by atoms with E-state index in [4.69, 9.17) is 0 Å². The maximum Gasteiger partial charge on any atom is 0.324 e. The Labute approximate surface area is 85.8 Å². The molecule has 0 aliphatic heterocycles. The number of ether oxygens (including phenoxy) is 1. The molecule has 6 heteroatoms. The van der Waals surface area contributed by atoms with E-state index >= 15 is 0 Å². The second-order valence-electron chi connectivity index (χ2n) is 2.32. The van der Waals surface area contributed by atoms with E-state index in [1.165, 1.54) is 14.0 Å². The quantitative estimate of drug-likeness (QED) is 0.392. The van der Waals surface area contributed by atoms with Crippen LogP contribution in [0.25, 0.3) is 0 Å². The average molecular weight is 219 g/mol. The molecule has 0 saturated carbocycles. The highest BCUT2D eigenvalue weighted by atomic mass is 32.2. The maximum atomic E-state index is 11.0. The van der Waals surface area contributed by atoms with Gasteiger partial charge in [-0.3, -0.25) is 4.79 Å². The molecule has 5 nitrogen and oxygen atoms in total. The Kier molecular flexibility index (Phi) is 7.02. The van der Waals surface area contributed by atoms with Crippen molar-refractivity contribution in [3.8, 4) is 11.8 Å². The molecule has 0 amide bonds. The number of methoxy groups -OCH3 is 1. The highest BCUT2D eigenvalue weighted by Crippen LogP contribution is 1.88. The van der Waals surface area contributed by atoms with E-state index in [1.54, 1.807) is 6.92 Å². The minimum Gasteiger partial charge on any atom is -0.468 e. The average Bonchev–Trinajstić information content (AvgIpc) is 2.21. The molecule has 1 N–H and O–H groups in total. The molecular formula is C8H13NO4S. The van der Waals surface area contributed by atoms with E-state index < -0.39 is 23.1 Å². The van der Waals surface area contributed by atoms with Crippen molar-refractivity contribution in [1.82, 2.24) is 5.48 Å². The molecule has 0 spiro atoms. The summed E-state index contributed by atoms with van der Waals surface area (Å²) >= 11 is -1.55. The monoisotopic (exact) mass is 219 g/mol. The normalized spacial score (nSPS) is 13.6. The number of rotatable bonds is 5. The third-order valence-electron chi connectivity index (χ3n) is 1.24. The molecule has 0 fully saturated rings. The largest absolute Gasteiger partial charge is 0.468 e. The highest BCUT2D eigenvalue weighted by molar-refractivity contribution is 7.80. The van der Waals surface area contributed by atoms with Crippen molar-refractivity contribution in [3.05, 3.63) is 0 Å². The first kappa shape index (κ1) is 13.1. The maximum absolute atomic E-state index is 11.0. The molecule has 0 aromatic rings. The third-order valence-corrected chi connectivity index (χ3v) is 1.90. The predicted molar refractivity (Wildman–Crippen MR) is 52.2 cm³/mol. The Morgan fingerprint density at radius 2 is 2.29 bits per heavy atom. The predicted octanol–water partition coefficient (Wildman–Crippen LogP) is -0.244. The number of carbonyl (C=O) groups is 1. The zero-order chi connectivity index (χ0) is 11.0. The van der Waals surface area contributed by atoms with Gasteiger partial charge in [0, 0.05) is 0 Å². The molecule has 0 rings (SSSR count). The third kappa shape index (κ3) is 5.70. The number of hydrogen-bond donors (Lipinski definition) is 1. The van der Waals surface area contributed by atoms with E-state index in [-0.39, 0.29) is 5.75 Å². The van der Waals surface area contributed by atoms with Gasteiger partial charge in [0.2, 0.25) is 0 Å². The van der Waals surface area contributed by atoms with Crippen molar-refractivity contribution >= 4 is 17.0 Å². The van der Waals surface area contributed by atoms with Gasteiger partial charge in [0.1, 0.15) is 11.8 Å². The van der Waals surface area contributed by atoms with Crippen molar-refractivity contribution in [3.63, 3.8) is 0 Å². The van der Waals surface area contributed by atoms with Gasteiger partial charge in [0.15, 0.2) is 11.1 Å². The van der Waals surface area contributed by atoms with Gasteiger partial charge in [-0.25, -0.2) is 4.21 Å². The first-order valence-corrected chi connectivity index (χ1v) is 5.14. The molecule has 2 atom stereocenters. The Hall–Kier alpha value is -0.900. The zero-order valence-electron chi connectivity index (χ0n) is 8.33. The fourth-order valence-electron chi connectivity index (χ4n) is 0.511. The zero-order valence-corrected chi connectivity index (χ0v) is 9.14. The summed E-state index contributed by atoms with van der Waals surface area (Å²) < 4.78 is 20.1. The molecule has 0 heterocycles. The first-order valence-electron chi connectivity index (χ1n) is 3.90. The van der Waals surface area contributed by atoms with E-state index in [0.717, 1.165) is 0 Å². The number of nitrogens with one attached hydrogen (secondary N) is 1. The molecule has 0 aliphatic carbocycles. The van der Waals surface area contributed by atoms with Crippen LogP contribution in [0.5, 0.6) is 0 Å². The smallest absolute Gasteiger partial charge is 0.324 e. The standard InChI is InChI=1S/C8H13NO4S/c1-4-5-6-14(11)13-9-7(2)8(10)12-3/h7,9H,6H2,1-3H3. The van der Waals surface area contributed by atoms with Gasteiger partial charge in [-0.05, 0) is 13.8 Å². The van der Waals surface area contributed by atoms with Crippen molar-refractivity contribution in [2.24, 2.45) is 0 Å². The van der Waals surface area contributed by atoms with Gasteiger partial charge in [-0.15, -0.1) is 5.92 Å². The van der Waals surface area contributed by atoms with Crippen LogP contribution in [0.2, 0.25) is 0 Å². The van der Waals surface area contributed by atoms with Crippen LogP contribution in [-0.2, 0) is 24.9 Å². The van der Waals surface area contributed by atoms with E-state index in [9.17, 15) is 9.00 Å². The number of esters is 1. The molecule has 0 aromatic heterocycles. The van der Waals surface area contributed by atoms with Crippen LogP contribution < -0.4 is 5.48 Å². The lowest BCUT2D eigenvalue weighted by atomic mass is 10.4. The van der Waals surface area contributed by atoms with Crippen molar-refractivity contribution in [2.75, 3.05) is 12.9 Å². The first-order chi connectivity index (χ1) is 6.61. The molecule has 0 saturated heterocycles. The lowest BCUT2D eigenvalue weighted by Gasteiger charge is -2.09. The lowest BCUT2D eigenvalue weighted by Crippen LogP contribution is -2.35. The summed E-state index contributed by atoms with van der Waals surface area (Å²) in [6.45, 7) is 3.18. The molecule has 0 aromatic carbocycles. The summed E-state index contributed by atoms with van der Waals surface area (Å²) in [5, 5.41) is 0. The molecule has 0 bridgehead atoms. The van der Waals surface area contributed by atoms with Crippen molar-refractivity contribution in [2.45, 2.75) is 19.9 Å². The van der Waals surface area contributed by atoms with Crippen molar-refractivity contribution in [1.29, 1.82) is 0 Å². The van der Waals surface area contributed by atoms with Crippen molar-refractivity contribution < 1.29 is 18.0 Å². The molecule has 2 unspecified atom stereocenters. The van der Waals surface area contributed by atoms with Crippen LogP contribution >= 0.6 is 0 Å². The van der Waals surface area contributed by atoms with Gasteiger partial charge in [-0.1, -0.05) is 5.92 Å². The number of hydrogen-bond acceptors (Lipinski definition) is 5. The SMILES string of the molecule is CC#CCS(=O)ONC(C)C(=O)OC. The molecule has 0 radical (unpaired) electrons. The summed E-state index contributed by atoms with van der Waals surface area (Å²) in [5.74, 6) is 4.79.